The molecular formula is C37H52O4. The van der Waals surface area contributed by atoms with Crippen LogP contribution in [0.15, 0.2) is 54.6 Å². The summed E-state index contributed by atoms with van der Waals surface area (Å²) in [5.74, 6) is -0.141. The first-order valence-electron chi connectivity index (χ1n) is 15.0. The smallest absolute Gasteiger partial charge is 0.312 e. The maximum absolute atomic E-state index is 14.4. The molecule has 0 amide bonds. The summed E-state index contributed by atoms with van der Waals surface area (Å²) >= 11 is 0. The molecule has 224 valence electrons. The summed E-state index contributed by atoms with van der Waals surface area (Å²) in [4.78, 5) is 27.6. The first-order chi connectivity index (χ1) is 18.8. The minimum Gasteiger partial charge on any atom is -0.469 e. The summed E-state index contributed by atoms with van der Waals surface area (Å²) in [6, 6.07) is 18.8. The molecule has 0 N–H and O–H groups in total. The number of methoxy groups -OCH3 is 1. The number of rotatable bonds is 10. The van der Waals surface area contributed by atoms with Crippen molar-refractivity contribution in [1.82, 2.24) is 0 Å². The monoisotopic (exact) mass is 560 g/mol. The minimum atomic E-state index is -0.806. The second kappa shape index (κ2) is 11.4. The molecule has 0 fully saturated rings. The van der Waals surface area contributed by atoms with Gasteiger partial charge in [0, 0.05) is 5.56 Å². The number of benzene rings is 3. The van der Waals surface area contributed by atoms with Crippen molar-refractivity contribution in [1.29, 1.82) is 0 Å². The maximum atomic E-state index is 14.4. The van der Waals surface area contributed by atoms with Gasteiger partial charge in [-0.25, -0.2) is 0 Å². The molecule has 0 saturated heterocycles. The summed E-state index contributed by atoms with van der Waals surface area (Å²) in [5.41, 5.74) is -1.80. The van der Waals surface area contributed by atoms with Crippen LogP contribution in [0.1, 0.15) is 94.6 Å². The number of carbonyl (C=O) groups excluding carboxylic acids is 2. The molecule has 41 heavy (non-hydrogen) atoms. The van der Waals surface area contributed by atoms with E-state index < -0.39 is 21.7 Å². The first kappa shape index (κ1) is 32.6. The molecule has 2 atom stereocenters. The lowest BCUT2D eigenvalue weighted by atomic mass is 9.47. The van der Waals surface area contributed by atoms with Crippen molar-refractivity contribution >= 4 is 33.5 Å². The van der Waals surface area contributed by atoms with Crippen LogP contribution in [0.5, 0.6) is 0 Å². The Bertz CT molecular complexity index is 1350. The first-order valence-corrected chi connectivity index (χ1v) is 15.0. The standard InChI is InChI=1S/C37H52O4/c1-25(2)22-36(10,35(8,9)34(6,7)24-37(11,31(38)40-12)33(3,4)5)32(39)41-23-30-28-19-15-13-17-26(28)21-27-18-14-16-20-29(27)30/h13-21,25H,22-24H2,1-12H3. The quantitative estimate of drug-likeness (QED) is 0.183. The van der Waals surface area contributed by atoms with Crippen LogP contribution >= 0.6 is 0 Å². The molecule has 0 aromatic heterocycles. The third-order valence-corrected chi connectivity index (χ3v) is 10.7. The Labute approximate surface area is 248 Å². The molecule has 0 aliphatic rings. The second-order valence-electron chi connectivity index (χ2n) is 15.1. The molecule has 0 aliphatic carbocycles. The van der Waals surface area contributed by atoms with Crippen molar-refractivity contribution in [3.05, 3.63) is 60.2 Å². The molecule has 3 aromatic carbocycles. The van der Waals surface area contributed by atoms with Crippen LogP contribution in [0.3, 0.4) is 0 Å². The molecule has 0 spiro atoms. The van der Waals surface area contributed by atoms with Gasteiger partial charge in [-0.2, -0.15) is 0 Å². The Kier molecular flexibility index (Phi) is 9.09. The van der Waals surface area contributed by atoms with E-state index in [0.29, 0.717) is 12.8 Å². The summed E-state index contributed by atoms with van der Waals surface area (Å²) in [5, 5.41) is 4.47. The number of fused-ring (bicyclic) bond motifs is 2. The van der Waals surface area contributed by atoms with E-state index in [2.05, 4.69) is 99.6 Å². The molecule has 0 heterocycles. The fraction of sp³-hybridized carbons (Fsp3) is 0.568. The van der Waals surface area contributed by atoms with Gasteiger partial charge in [0.05, 0.1) is 17.9 Å². The Morgan fingerprint density at radius 1 is 0.732 bits per heavy atom. The zero-order valence-corrected chi connectivity index (χ0v) is 27.5. The van der Waals surface area contributed by atoms with E-state index in [-0.39, 0.29) is 29.9 Å². The van der Waals surface area contributed by atoms with E-state index in [1.54, 1.807) is 0 Å². The Morgan fingerprint density at radius 2 is 1.22 bits per heavy atom. The normalized spacial score (nSPS) is 15.9. The molecular weight excluding hydrogens is 508 g/mol. The van der Waals surface area contributed by atoms with E-state index in [1.807, 2.05) is 31.2 Å². The van der Waals surface area contributed by atoms with Crippen molar-refractivity contribution in [2.24, 2.45) is 33.0 Å². The van der Waals surface area contributed by atoms with E-state index in [1.165, 1.54) is 7.11 Å². The Balaban J connectivity index is 2.05. The van der Waals surface area contributed by atoms with Gasteiger partial charge in [0.25, 0.3) is 0 Å². The lowest BCUT2D eigenvalue weighted by Gasteiger charge is -2.56. The van der Waals surface area contributed by atoms with Crippen LogP contribution in [0.25, 0.3) is 21.5 Å². The van der Waals surface area contributed by atoms with Gasteiger partial charge in [0.15, 0.2) is 0 Å². The van der Waals surface area contributed by atoms with Crippen molar-refractivity contribution in [3.8, 4) is 0 Å². The second-order valence-corrected chi connectivity index (χ2v) is 15.1. The molecule has 3 aromatic rings. The van der Waals surface area contributed by atoms with Gasteiger partial charge in [-0.15, -0.1) is 0 Å². The van der Waals surface area contributed by atoms with E-state index in [0.717, 1.165) is 27.1 Å². The Hall–Kier alpha value is -2.88. The zero-order chi connectivity index (χ0) is 31.0. The van der Waals surface area contributed by atoms with Gasteiger partial charge in [0.2, 0.25) is 0 Å². The predicted octanol–water partition coefficient (Wildman–Crippen LogP) is 9.76. The topological polar surface area (TPSA) is 52.6 Å². The fourth-order valence-corrected chi connectivity index (χ4v) is 6.69. The molecule has 0 radical (unpaired) electrons. The number of hydrogen-bond acceptors (Lipinski definition) is 4. The minimum absolute atomic E-state index is 0.197. The third-order valence-electron chi connectivity index (χ3n) is 10.7. The lowest BCUT2D eigenvalue weighted by molar-refractivity contribution is -0.180. The maximum Gasteiger partial charge on any atom is 0.312 e. The number of carbonyl (C=O) groups is 2. The molecule has 4 heteroatoms. The van der Waals surface area contributed by atoms with E-state index >= 15 is 0 Å². The largest absolute Gasteiger partial charge is 0.469 e. The summed E-state index contributed by atoms with van der Waals surface area (Å²) in [6.07, 6.45) is 1.24. The summed E-state index contributed by atoms with van der Waals surface area (Å²) < 4.78 is 11.7. The van der Waals surface area contributed by atoms with Gasteiger partial charge in [-0.1, -0.05) is 111 Å². The summed E-state index contributed by atoms with van der Waals surface area (Å²) in [6.45, 7) is 23.5. The van der Waals surface area contributed by atoms with Crippen molar-refractivity contribution in [3.63, 3.8) is 0 Å². The highest BCUT2D eigenvalue weighted by Crippen LogP contribution is 2.60. The zero-order valence-electron chi connectivity index (χ0n) is 27.5. The highest BCUT2D eigenvalue weighted by molar-refractivity contribution is 6.02. The molecule has 3 rings (SSSR count). The van der Waals surface area contributed by atoms with E-state index in [9.17, 15) is 9.59 Å². The van der Waals surface area contributed by atoms with Crippen molar-refractivity contribution < 1.29 is 19.1 Å². The molecule has 0 saturated carbocycles. The van der Waals surface area contributed by atoms with Gasteiger partial charge in [-0.3, -0.25) is 9.59 Å². The fourth-order valence-electron chi connectivity index (χ4n) is 6.69. The SMILES string of the molecule is COC(=O)C(C)(CC(C)(C)C(C)(C)C(C)(CC(C)C)C(=O)OCc1c2ccccc2cc2ccccc12)C(C)(C)C. The highest BCUT2D eigenvalue weighted by atomic mass is 16.5. The van der Waals surface area contributed by atoms with Crippen molar-refractivity contribution in [2.75, 3.05) is 7.11 Å². The highest BCUT2D eigenvalue weighted by Gasteiger charge is 2.59. The number of esters is 2. The van der Waals surface area contributed by atoms with Gasteiger partial charge < -0.3 is 9.47 Å². The van der Waals surface area contributed by atoms with Crippen LogP contribution in [0.2, 0.25) is 0 Å². The van der Waals surface area contributed by atoms with E-state index in [4.69, 9.17) is 9.47 Å². The molecule has 2 unspecified atom stereocenters. The van der Waals surface area contributed by atoms with Gasteiger partial charge in [-0.05, 0) is 76.5 Å². The molecule has 0 bridgehead atoms. The van der Waals surface area contributed by atoms with Crippen LogP contribution in [0.4, 0.5) is 0 Å². The molecule has 0 aliphatic heterocycles. The number of ether oxygens (including phenoxy) is 2. The van der Waals surface area contributed by atoms with Crippen molar-refractivity contribution in [2.45, 2.75) is 95.6 Å². The number of hydrogen-bond donors (Lipinski definition) is 0. The lowest BCUT2D eigenvalue weighted by Crippen LogP contribution is -2.55. The summed E-state index contributed by atoms with van der Waals surface area (Å²) in [7, 11) is 1.46. The Morgan fingerprint density at radius 3 is 1.66 bits per heavy atom. The van der Waals surface area contributed by atoms with Crippen LogP contribution in [-0.2, 0) is 25.7 Å². The predicted molar refractivity (Wildman–Crippen MR) is 171 cm³/mol. The van der Waals surface area contributed by atoms with Crippen LogP contribution < -0.4 is 0 Å². The van der Waals surface area contributed by atoms with Gasteiger partial charge in [0.1, 0.15) is 6.61 Å². The average molecular weight is 561 g/mol. The van der Waals surface area contributed by atoms with Crippen LogP contribution in [-0.4, -0.2) is 19.0 Å². The molecule has 4 nitrogen and oxygen atoms in total. The van der Waals surface area contributed by atoms with Gasteiger partial charge >= 0.3 is 11.9 Å². The van der Waals surface area contributed by atoms with Crippen LogP contribution in [0, 0.1) is 33.0 Å². The third kappa shape index (κ3) is 5.90. The average Bonchev–Trinajstić information content (AvgIpc) is 2.88.